The van der Waals surface area contributed by atoms with Gasteiger partial charge in [-0.2, -0.15) is 0 Å². The number of para-hydroxylation sites is 1. The van der Waals surface area contributed by atoms with Gasteiger partial charge in [-0.05, 0) is 70.3 Å². The van der Waals surface area contributed by atoms with Crippen molar-refractivity contribution in [1.82, 2.24) is 25.2 Å². The number of nitrogens with zero attached hydrogens (tertiary/aromatic N) is 2. The Morgan fingerprint density at radius 3 is 2.67 bits per heavy atom. The molecule has 0 bridgehead atoms. The first-order valence-corrected chi connectivity index (χ1v) is 20.1. The molecule has 13 nitrogen and oxygen atoms in total. The Kier molecular flexibility index (Phi) is 9.50. The first kappa shape index (κ1) is 36.2. The maximum atomic E-state index is 14.6. The van der Waals surface area contributed by atoms with Gasteiger partial charge in [-0.3, -0.25) is 24.1 Å². The molecule has 3 aliphatic heterocycles. The van der Waals surface area contributed by atoms with Crippen molar-refractivity contribution in [1.29, 1.82) is 0 Å². The van der Waals surface area contributed by atoms with Gasteiger partial charge in [-0.25, -0.2) is 13.2 Å². The molecule has 2 saturated carbocycles. The fourth-order valence-electron chi connectivity index (χ4n) is 7.83. The van der Waals surface area contributed by atoms with Crippen LogP contribution in [0.15, 0.2) is 42.6 Å². The third-order valence-corrected chi connectivity index (χ3v) is 13.6. The lowest BCUT2D eigenvalue weighted by atomic mass is 9.87. The first-order valence-electron chi connectivity index (χ1n) is 18.6. The van der Waals surface area contributed by atoms with Crippen molar-refractivity contribution < 1.29 is 37.1 Å². The van der Waals surface area contributed by atoms with Crippen LogP contribution in [0.25, 0.3) is 10.9 Å². The molecular weight excluding hydrogens is 687 g/mol. The predicted molar refractivity (Wildman–Crippen MR) is 193 cm³/mol. The highest BCUT2D eigenvalue weighted by Crippen LogP contribution is 2.48. The number of hydrogen-bond donors (Lipinski definition) is 3. The summed E-state index contributed by atoms with van der Waals surface area (Å²) in [5, 5.41) is 6.70. The second kappa shape index (κ2) is 13.7. The largest absolute Gasteiger partial charge is 0.483 e. The van der Waals surface area contributed by atoms with Gasteiger partial charge >= 0.3 is 6.09 Å². The molecule has 2 aliphatic carbocycles. The van der Waals surface area contributed by atoms with Crippen LogP contribution in [0, 0.1) is 11.8 Å². The number of alkyl carbamates (subject to hydrolysis) is 1. The number of pyridine rings is 1. The molecule has 1 aromatic carbocycles. The topological polar surface area (TPSA) is 173 Å². The number of aryl methyl sites for hydroxylation is 1. The monoisotopic (exact) mass is 735 g/mol. The smallest absolute Gasteiger partial charge is 0.407 e. The van der Waals surface area contributed by atoms with Crippen LogP contribution in [0.1, 0.15) is 90.5 Å². The van der Waals surface area contributed by atoms with Crippen molar-refractivity contribution in [2.24, 2.45) is 11.8 Å². The van der Waals surface area contributed by atoms with Gasteiger partial charge < -0.3 is 25.0 Å². The van der Waals surface area contributed by atoms with E-state index in [1.807, 2.05) is 50.3 Å². The van der Waals surface area contributed by atoms with Crippen LogP contribution in [0.3, 0.4) is 0 Å². The Balaban J connectivity index is 1.21. The number of allylic oxidation sites excluding steroid dienone is 1. The van der Waals surface area contributed by atoms with Crippen LogP contribution in [0.4, 0.5) is 4.79 Å². The number of carbonyl (C=O) groups is 4. The number of rotatable bonds is 6. The predicted octanol–water partition coefficient (Wildman–Crippen LogP) is 4.04. The third kappa shape index (κ3) is 6.97. The van der Waals surface area contributed by atoms with E-state index >= 15 is 0 Å². The molecule has 52 heavy (non-hydrogen) atoms. The van der Waals surface area contributed by atoms with Gasteiger partial charge in [-0.15, -0.1) is 0 Å². The first-order chi connectivity index (χ1) is 24.7. The normalized spacial score (nSPS) is 30.5. The van der Waals surface area contributed by atoms with Crippen molar-refractivity contribution in [3.05, 3.63) is 48.2 Å². The number of nitrogens with one attached hydrogen (secondary N) is 3. The van der Waals surface area contributed by atoms with E-state index in [2.05, 4.69) is 20.3 Å². The molecule has 1 saturated heterocycles. The summed E-state index contributed by atoms with van der Waals surface area (Å²) in [4.78, 5) is 61.9. The molecule has 14 heteroatoms. The summed E-state index contributed by atoms with van der Waals surface area (Å²) in [5.74, 6) is -1.50. The number of aromatic nitrogens is 1. The summed E-state index contributed by atoms with van der Waals surface area (Å²) >= 11 is 0. The molecule has 4 heterocycles. The van der Waals surface area contributed by atoms with Crippen molar-refractivity contribution in [3.63, 3.8) is 0 Å². The molecule has 0 unspecified atom stereocenters. The lowest BCUT2D eigenvalue weighted by Crippen LogP contribution is -2.58. The molecule has 3 N–H and O–H groups in total. The number of sulfonamides is 1. The van der Waals surface area contributed by atoms with Crippen LogP contribution in [0.5, 0.6) is 5.75 Å². The highest BCUT2D eigenvalue weighted by atomic mass is 32.2. The van der Waals surface area contributed by atoms with Crippen LogP contribution < -0.4 is 20.1 Å². The Morgan fingerprint density at radius 2 is 1.90 bits per heavy atom. The number of amides is 4. The Morgan fingerprint density at radius 1 is 1.12 bits per heavy atom. The number of hydrogen-bond acceptors (Lipinski definition) is 9. The van der Waals surface area contributed by atoms with E-state index in [9.17, 15) is 27.6 Å². The second-order valence-corrected chi connectivity index (χ2v) is 18.2. The maximum Gasteiger partial charge on any atom is 0.407 e. The number of fused-ring (bicyclic) bond motifs is 5. The van der Waals surface area contributed by atoms with E-state index in [0.29, 0.717) is 50.7 Å². The fraction of sp³-hybridized carbons (Fsp3) is 0.605. The van der Waals surface area contributed by atoms with Crippen molar-refractivity contribution >= 4 is 44.7 Å². The van der Waals surface area contributed by atoms with E-state index in [1.165, 1.54) is 4.90 Å². The molecule has 2 aromatic rings. The van der Waals surface area contributed by atoms with Gasteiger partial charge in [0.25, 0.3) is 5.91 Å². The van der Waals surface area contributed by atoms with Crippen LogP contribution in [-0.2, 0) is 35.6 Å². The second-order valence-electron chi connectivity index (χ2n) is 16.0. The third-order valence-electron chi connectivity index (χ3n) is 11.5. The van der Waals surface area contributed by atoms with Crippen LogP contribution in [-0.4, -0.2) is 83.2 Å². The molecule has 7 rings (SSSR count). The van der Waals surface area contributed by atoms with Gasteiger partial charge in [-0.1, -0.05) is 57.0 Å². The van der Waals surface area contributed by atoms with Gasteiger partial charge in [0.15, 0.2) is 0 Å². The van der Waals surface area contributed by atoms with Gasteiger partial charge in [0, 0.05) is 23.3 Å². The van der Waals surface area contributed by atoms with E-state index in [-0.39, 0.29) is 31.9 Å². The summed E-state index contributed by atoms with van der Waals surface area (Å²) in [6.07, 6.45) is 10.6. The zero-order valence-corrected chi connectivity index (χ0v) is 30.9. The maximum absolute atomic E-state index is 14.6. The highest BCUT2D eigenvalue weighted by molar-refractivity contribution is 7.91. The Labute approximate surface area is 304 Å². The van der Waals surface area contributed by atoms with Gasteiger partial charge in [0.2, 0.25) is 21.8 Å². The molecule has 280 valence electrons. The summed E-state index contributed by atoms with van der Waals surface area (Å²) in [5.41, 5.74) is -0.567. The Bertz CT molecular complexity index is 1910. The molecule has 4 amide bonds. The van der Waals surface area contributed by atoms with Gasteiger partial charge in [0.1, 0.15) is 29.0 Å². The SMILES string of the molecule is CC(C)COC(=O)N[C@H]1CCCCC/C=C\[C@@H]2C[C@@]2(C(=O)NS(=O)(=O)C2(C)CC2)NC(=O)[C@@H]2C[C@]3(CCc4c(cnc5ccccc45)O3)CN2C1=O. The van der Waals surface area contributed by atoms with Gasteiger partial charge in [0.05, 0.1) is 29.6 Å². The van der Waals surface area contributed by atoms with E-state index in [4.69, 9.17) is 9.47 Å². The minimum absolute atomic E-state index is 0.0741. The average molecular weight is 736 g/mol. The minimum atomic E-state index is -3.97. The van der Waals surface area contributed by atoms with Crippen LogP contribution in [0.2, 0.25) is 0 Å². The van der Waals surface area contributed by atoms with Crippen LogP contribution >= 0.6 is 0 Å². The van der Waals surface area contributed by atoms with E-state index in [1.54, 1.807) is 13.1 Å². The Hall–Kier alpha value is -4.20. The fourth-order valence-corrected chi connectivity index (χ4v) is 9.14. The lowest BCUT2D eigenvalue weighted by molar-refractivity contribution is -0.141. The summed E-state index contributed by atoms with van der Waals surface area (Å²) in [6.45, 7) is 5.70. The molecule has 3 fully saturated rings. The van der Waals surface area contributed by atoms with Crippen molar-refractivity contribution in [3.8, 4) is 5.75 Å². The molecule has 1 aromatic heterocycles. The standard InChI is InChI=1S/C38H49N5O8S/c1-24(2)22-50-35(47)40-29-14-8-6-4-5-7-11-25-19-38(25,34(46)42-52(48,49)36(3)17-18-36)41-32(44)30-20-37(23-43(30)33(29)45)16-15-27-26-12-9-10-13-28(26)39-21-31(27)51-37/h7,9-13,21,24-25,29-30H,4-6,8,14-20,22-23H2,1-3H3,(H,40,47)(H,41,44)(H,42,46)/b11-7-/t25-,29+,30+,37-,38-/m1/s1. The zero-order chi connectivity index (χ0) is 36.9. The number of carbonyl (C=O) groups excluding carboxylic acids is 4. The van der Waals surface area contributed by atoms with E-state index < -0.39 is 67.7 Å². The number of benzene rings is 1. The number of ether oxygens (including phenoxy) is 2. The van der Waals surface area contributed by atoms with Crippen molar-refractivity contribution in [2.75, 3.05) is 13.2 Å². The summed E-state index contributed by atoms with van der Waals surface area (Å²) in [6, 6.07) is 5.81. The summed E-state index contributed by atoms with van der Waals surface area (Å²) in [7, 11) is -3.97. The minimum Gasteiger partial charge on any atom is -0.483 e. The zero-order valence-electron chi connectivity index (χ0n) is 30.1. The summed E-state index contributed by atoms with van der Waals surface area (Å²) < 4.78 is 39.7. The average Bonchev–Trinajstić information content (AvgIpc) is 4.00. The highest BCUT2D eigenvalue weighted by Gasteiger charge is 2.64. The quantitative estimate of drug-likeness (QED) is 0.370. The molecule has 5 aliphatic rings. The molecule has 5 atom stereocenters. The molecule has 0 radical (unpaired) electrons. The lowest BCUT2D eigenvalue weighted by Gasteiger charge is -2.36. The molecule has 1 spiro atoms. The van der Waals surface area contributed by atoms with E-state index in [0.717, 1.165) is 29.3 Å². The van der Waals surface area contributed by atoms with Crippen molar-refractivity contribution in [2.45, 2.75) is 119 Å². The molecular formula is C38H49N5O8S.